The monoisotopic (exact) mass is 345 g/mol. The highest BCUT2D eigenvalue weighted by Crippen LogP contribution is 2.22. The van der Waals surface area contributed by atoms with Crippen LogP contribution < -0.4 is 4.74 Å². The molecule has 0 radical (unpaired) electrons. The maximum absolute atomic E-state index is 11.7. The van der Waals surface area contributed by atoms with Gasteiger partial charge in [0.25, 0.3) is 0 Å². The summed E-state index contributed by atoms with van der Waals surface area (Å²) in [4.78, 5) is 20.3. The zero-order chi connectivity index (χ0) is 17.6. The average molecular weight is 345 g/mol. The van der Waals surface area contributed by atoms with Crippen molar-refractivity contribution in [3.05, 3.63) is 36.2 Å². The zero-order valence-electron chi connectivity index (χ0n) is 14.6. The summed E-state index contributed by atoms with van der Waals surface area (Å²) in [6, 6.07) is 7.61. The lowest BCUT2D eigenvalue weighted by Gasteiger charge is -2.33. The van der Waals surface area contributed by atoms with Crippen molar-refractivity contribution in [3.8, 4) is 17.2 Å². The summed E-state index contributed by atoms with van der Waals surface area (Å²) in [7, 11) is 1.64. The summed E-state index contributed by atoms with van der Waals surface area (Å²) in [5, 5.41) is 0. The Morgan fingerprint density at radius 3 is 2.56 bits per heavy atom. The number of hydrogen-bond acceptors (Lipinski definition) is 6. The number of piperazine rings is 1. The maximum atomic E-state index is 11.7. The molecule has 0 N–H and O–H groups in total. The normalized spacial score (nSPS) is 15.2. The van der Waals surface area contributed by atoms with E-state index in [1.807, 2.05) is 31.2 Å². The van der Waals surface area contributed by atoms with E-state index in [1.54, 1.807) is 18.3 Å². The molecule has 1 aromatic heterocycles. The number of ether oxygens (including phenoxy) is 2. The SMILES string of the molecule is CCOC(=O)N1CCN(Cc2coc(-c3ccc(OC)cc3)n2)CC1. The molecule has 0 spiro atoms. The lowest BCUT2D eigenvalue weighted by atomic mass is 10.2. The molecular weight excluding hydrogens is 322 g/mol. The van der Waals surface area contributed by atoms with Crippen LogP contribution in [0.2, 0.25) is 0 Å². The van der Waals surface area contributed by atoms with Crippen molar-refractivity contribution in [2.24, 2.45) is 0 Å². The van der Waals surface area contributed by atoms with Gasteiger partial charge < -0.3 is 18.8 Å². The van der Waals surface area contributed by atoms with Gasteiger partial charge in [-0.25, -0.2) is 9.78 Å². The molecule has 0 saturated carbocycles. The summed E-state index contributed by atoms with van der Waals surface area (Å²) in [5.74, 6) is 1.40. The predicted octanol–water partition coefficient (Wildman–Crippen LogP) is 2.62. The van der Waals surface area contributed by atoms with Crippen LogP contribution in [0.3, 0.4) is 0 Å². The molecule has 1 fully saturated rings. The van der Waals surface area contributed by atoms with E-state index in [-0.39, 0.29) is 6.09 Å². The van der Waals surface area contributed by atoms with Crippen LogP contribution in [0.4, 0.5) is 4.79 Å². The molecule has 1 aliphatic heterocycles. The van der Waals surface area contributed by atoms with Gasteiger partial charge in [-0.3, -0.25) is 4.90 Å². The zero-order valence-corrected chi connectivity index (χ0v) is 14.6. The minimum Gasteiger partial charge on any atom is -0.497 e. The Kier molecular flexibility index (Phi) is 5.55. The van der Waals surface area contributed by atoms with Crippen LogP contribution in [0.1, 0.15) is 12.6 Å². The van der Waals surface area contributed by atoms with Gasteiger partial charge in [-0.1, -0.05) is 0 Å². The van der Waals surface area contributed by atoms with Crippen molar-refractivity contribution in [2.75, 3.05) is 39.9 Å². The number of methoxy groups -OCH3 is 1. The van der Waals surface area contributed by atoms with E-state index in [1.165, 1.54) is 0 Å². The maximum Gasteiger partial charge on any atom is 0.409 e. The second-order valence-electron chi connectivity index (χ2n) is 5.83. The Balaban J connectivity index is 1.54. The van der Waals surface area contributed by atoms with Crippen LogP contribution in [0, 0.1) is 0 Å². The smallest absolute Gasteiger partial charge is 0.409 e. The van der Waals surface area contributed by atoms with Gasteiger partial charge in [0, 0.05) is 38.3 Å². The lowest BCUT2D eigenvalue weighted by Crippen LogP contribution is -2.48. The first kappa shape index (κ1) is 17.3. The number of carbonyl (C=O) groups is 1. The molecule has 3 rings (SSSR count). The summed E-state index contributed by atoms with van der Waals surface area (Å²) < 4.78 is 15.8. The molecule has 1 amide bonds. The number of aromatic nitrogens is 1. The number of benzene rings is 1. The van der Waals surface area contributed by atoms with Gasteiger partial charge in [0.1, 0.15) is 12.0 Å². The van der Waals surface area contributed by atoms with E-state index in [9.17, 15) is 4.79 Å². The van der Waals surface area contributed by atoms with Crippen LogP contribution in [-0.2, 0) is 11.3 Å². The molecule has 0 unspecified atom stereocenters. The van der Waals surface area contributed by atoms with E-state index in [2.05, 4.69) is 9.88 Å². The van der Waals surface area contributed by atoms with Crippen molar-refractivity contribution in [1.29, 1.82) is 0 Å². The van der Waals surface area contributed by atoms with E-state index in [4.69, 9.17) is 13.9 Å². The van der Waals surface area contributed by atoms with Crippen LogP contribution in [0.25, 0.3) is 11.5 Å². The van der Waals surface area contributed by atoms with Gasteiger partial charge in [-0.15, -0.1) is 0 Å². The fourth-order valence-corrected chi connectivity index (χ4v) is 2.78. The minimum atomic E-state index is -0.231. The minimum absolute atomic E-state index is 0.231. The second kappa shape index (κ2) is 8.02. The van der Waals surface area contributed by atoms with Crippen molar-refractivity contribution in [2.45, 2.75) is 13.5 Å². The fraction of sp³-hybridized carbons (Fsp3) is 0.444. The molecule has 2 heterocycles. The van der Waals surface area contributed by atoms with Gasteiger partial charge in [0.15, 0.2) is 0 Å². The van der Waals surface area contributed by atoms with Gasteiger partial charge in [-0.05, 0) is 31.2 Å². The van der Waals surface area contributed by atoms with Crippen molar-refractivity contribution >= 4 is 6.09 Å². The predicted molar refractivity (Wildman–Crippen MR) is 92.4 cm³/mol. The van der Waals surface area contributed by atoms with E-state index in [0.29, 0.717) is 32.1 Å². The summed E-state index contributed by atoms with van der Waals surface area (Å²) in [6.07, 6.45) is 1.46. The average Bonchev–Trinajstić information content (AvgIpc) is 3.11. The van der Waals surface area contributed by atoms with Gasteiger partial charge in [0.2, 0.25) is 5.89 Å². The second-order valence-corrected chi connectivity index (χ2v) is 5.83. The van der Waals surface area contributed by atoms with Crippen molar-refractivity contribution in [1.82, 2.24) is 14.8 Å². The summed E-state index contributed by atoms with van der Waals surface area (Å²) >= 11 is 0. The third-order valence-corrected chi connectivity index (χ3v) is 4.17. The molecule has 1 saturated heterocycles. The van der Waals surface area contributed by atoms with Crippen molar-refractivity contribution < 1.29 is 18.7 Å². The first-order chi connectivity index (χ1) is 12.2. The Hall–Kier alpha value is -2.54. The number of nitrogens with zero attached hydrogens (tertiary/aromatic N) is 3. The van der Waals surface area contributed by atoms with Gasteiger partial charge in [0.05, 0.1) is 19.4 Å². The van der Waals surface area contributed by atoms with Crippen molar-refractivity contribution in [3.63, 3.8) is 0 Å². The summed E-state index contributed by atoms with van der Waals surface area (Å²) in [6.45, 7) is 5.86. The Morgan fingerprint density at radius 2 is 1.92 bits per heavy atom. The first-order valence-corrected chi connectivity index (χ1v) is 8.42. The fourth-order valence-electron chi connectivity index (χ4n) is 2.78. The number of oxazole rings is 1. The van der Waals surface area contributed by atoms with Gasteiger partial charge >= 0.3 is 6.09 Å². The van der Waals surface area contributed by atoms with E-state index >= 15 is 0 Å². The number of rotatable bonds is 5. The molecule has 7 heteroatoms. The summed E-state index contributed by atoms with van der Waals surface area (Å²) in [5.41, 5.74) is 1.80. The van der Waals surface area contributed by atoms with E-state index < -0.39 is 0 Å². The number of carbonyl (C=O) groups excluding carboxylic acids is 1. The molecule has 0 bridgehead atoms. The molecule has 7 nitrogen and oxygen atoms in total. The highest BCUT2D eigenvalue weighted by molar-refractivity contribution is 5.67. The van der Waals surface area contributed by atoms with Gasteiger partial charge in [-0.2, -0.15) is 0 Å². The highest BCUT2D eigenvalue weighted by Gasteiger charge is 2.22. The van der Waals surface area contributed by atoms with E-state index in [0.717, 1.165) is 30.1 Å². The third kappa shape index (κ3) is 4.30. The standard InChI is InChI=1S/C18H23N3O4/c1-3-24-18(22)21-10-8-20(9-11-21)12-15-13-25-17(19-15)14-4-6-16(23-2)7-5-14/h4-7,13H,3,8-12H2,1-2H3. The number of hydrogen-bond donors (Lipinski definition) is 0. The van der Waals surface area contributed by atoms with Crippen LogP contribution >= 0.6 is 0 Å². The Bertz CT molecular complexity index is 691. The van der Waals surface area contributed by atoms with Crippen LogP contribution in [-0.4, -0.2) is 60.8 Å². The molecule has 1 aromatic carbocycles. The molecule has 2 aromatic rings. The molecule has 25 heavy (non-hydrogen) atoms. The molecule has 1 aliphatic rings. The third-order valence-electron chi connectivity index (χ3n) is 4.17. The molecular formula is C18H23N3O4. The highest BCUT2D eigenvalue weighted by atomic mass is 16.6. The molecule has 0 aliphatic carbocycles. The Labute approximate surface area is 147 Å². The van der Waals surface area contributed by atoms with Crippen LogP contribution in [0.5, 0.6) is 5.75 Å². The largest absolute Gasteiger partial charge is 0.497 e. The Morgan fingerprint density at radius 1 is 1.20 bits per heavy atom. The quantitative estimate of drug-likeness (QED) is 0.830. The lowest BCUT2D eigenvalue weighted by molar-refractivity contribution is 0.0775. The number of amides is 1. The molecule has 134 valence electrons. The van der Waals surface area contributed by atoms with Crippen LogP contribution in [0.15, 0.2) is 34.9 Å². The first-order valence-electron chi connectivity index (χ1n) is 8.42. The topological polar surface area (TPSA) is 68.0 Å². The molecule has 0 atom stereocenters.